The van der Waals surface area contributed by atoms with E-state index in [2.05, 4.69) is 0 Å². The fourth-order valence-electron chi connectivity index (χ4n) is 3.37. The van der Waals surface area contributed by atoms with Gasteiger partial charge in [-0.25, -0.2) is 0 Å². The van der Waals surface area contributed by atoms with Crippen molar-refractivity contribution < 1.29 is 9.53 Å². The Labute approximate surface area is 97.7 Å². The normalized spacial score (nSPS) is 33.1. The maximum atomic E-state index is 12.2. The Balaban J connectivity index is 1.54. The van der Waals surface area contributed by atoms with E-state index >= 15 is 0 Å². The topological polar surface area (TPSA) is 26.3 Å². The van der Waals surface area contributed by atoms with Gasteiger partial charge in [-0.2, -0.15) is 0 Å². The van der Waals surface area contributed by atoms with E-state index < -0.39 is 0 Å². The highest BCUT2D eigenvalue weighted by Crippen LogP contribution is 2.45. The quantitative estimate of drug-likeness (QED) is 0.733. The molecule has 0 bridgehead atoms. The number of hydrogen-bond donors (Lipinski definition) is 0. The number of ether oxygens (including phenoxy) is 1. The van der Waals surface area contributed by atoms with Crippen LogP contribution in [0.5, 0.6) is 0 Å². The summed E-state index contributed by atoms with van der Waals surface area (Å²) in [5.74, 6) is 1.60. The van der Waals surface area contributed by atoms with E-state index in [9.17, 15) is 4.79 Å². The smallest absolute Gasteiger partial charge is 0.136 e. The van der Waals surface area contributed by atoms with Gasteiger partial charge in [0.25, 0.3) is 0 Å². The molecule has 0 aromatic carbocycles. The third-order valence-electron chi connectivity index (χ3n) is 4.93. The van der Waals surface area contributed by atoms with Crippen molar-refractivity contribution in [3.63, 3.8) is 0 Å². The molecule has 90 valence electrons. The molecule has 0 aromatic heterocycles. The lowest BCUT2D eigenvalue weighted by Crippen LogP contribution is -2.47. The number of carbonyl (C=O) groups is 1. The van der Waals surface area contributed by atoms with Crippen LogP contribution in [0.2, 0.25) is 0 Å². The molecule has 1 saturated heterocycles. The fraction of sp³-hybridized carbons (Fsp3) is 0.929. The van der Waals surface area contributed by atoms with Gasteiger partial charge in [0.1, 0.15) is 5.78 Å². The molecule has 1 spiro atoms. The van der Waals surface area contributed by atoms with Crippen molar-refractivity contribution in [1.82, 2.24) is 0 Å². The van der Waals surface area contributed by atoms with Crippen LogP contribution in [-0.4, -0.2) is 18.0 Å². The van der Waals surface area contributed by atoms with Gasteiger partial charge in [0, 0.05) is 18.9 Å². The summed E-state index contributed by atoms with van der Waals surface area (Å²) in [5, 5.41) is 0. The van der Waals surface area contributed by atoms with Crippen LogP contribution in [0.3, 0.4) is 0 Å². The van der Waals surface area contributed by atoms with Crippen molar-refractivity contribution >= 4 is 5.78 Å². The van der Waals surface area contributed by atoms with Crippen molar-refractivity contribution in [3.8, 4) is 0 Å². The summed E-state index contributed by atoms with van der Waals surface area (Å²) in [4.78, 5) is 12.2. The summed E-state index contributed by atoms with van der Waals surface area (Å²) < 4.78 is 5.87. The summed E-state index contributed by atoms with van der Waals surface area (Å²) in [6, 6.07) is 0. The minimum atomic E-state index is 0.137. The van der Waals surface area contributed by atoms with E-state index in [1.807, 2.05) is 0 Å². The molecule has 16 heavy (non-hydrogen) atoms. The molecule has 0 N–H and O–H groups in total. The molecule has 1 aliphatic heterocycles. The van der Waals surface area contributed by atoms with E-state index in [1.54, 1.807) is 0 Å². The molecule has 2 nitrogen and oxygen atoms in total. The van der Waals surface area contributed by atoms with Crippen LogP contribution in [-0.2, 0) is 9.53 Å². The fourth-order valence-corrected chi connectivity index (χ4v) is 3.37. The third kappa shape index (κ3) is 1.92. The van der Waals surface area contributed by atoms with Crippen LogP contribution in [0, 0.1) is 11.8 Å². The zero-order valence-corrected chi connectivity index (χ0v) is 10.0. The lowest BCUT2D eigenvalue weighted by Gasteiger charge is -2.47. The van der Waals surface area contributed by atoms with Crippen LogP contribution >= 0.6 is 0 Å². The molecule has 2 aliphatic carbocycles. The molecule has 1 unspecified atom stereocenters. The second-order valence-corrected chi connectivity index (χ2v) is 6.04. The first kappa shape index (κ1) is 10.8. The van der Waals surface area contributed by atoms with Gasteiger partial charge in [0.05, 0.1) is 5.60 Å². The Morgan fingerprint density at radius 1 is 1.19 bits per heavy atom. The standard InChI is InChI=1S/C14H22O2/c15-13(9-11-3-1-4-11)12-5-8-16-14(10-12)6-2-7-14/h11-12H,1-10H2. The molecule has 0 amide bonds. The Hall–Kier alpha value is -0.370. The predicted octanol–water partition coefficient (Wildman–Crippen LogP) is 3.10. The Morgan fingerprint density at radius 2 is 2.00 bits per heavy atom. The van der Waals surface area contributed by atoms with E-state index in [0.717, 1.165) is 31.8 Å². The molecule has 3 rings (SSSR count). The number of Topliss-reactive ketones (excluding diaryl/α,β-unsaturated/α-hetero) is 1. The highest BCUT2D eigenvalue weighted by atomic mass is 16.5. The molecule has 2 saturated carbocycles. The van der Waals surface area contributed by atoms with Crippen molar-refractivity contribution in [3.05, 3.63) is 0 Å². The molecular weight excluding hydrogens is 200 g/mol. The first-order chi connectivity index (χ1) is 7.77. The van der Waals surface area contributed by atoms with Crippen molar-refractivity contribution in [2.45, 2.75) is 63.4 Å². The van der Waals surface area contributed by atoms with Crippen LogP contribution in [0.4, 0.5) is 0 Å². The van der Waals surface area contributed by atoms with Gasteiger partial charge in [-0.05, 0) is 38.0 Å². The largest absolute Gasteiger partial charge is 0.375 e. The van der Waals surface area contributed by atoms with Crippen LogP contribution in [0.25, 0.3) is 0 Å². The van der Waals surface area contributed by atoms with Gasteiger partial charge >= 0.3 is 0 Å². The zero-order valence-electron chi connectivity index (χ0n) is 10.0. The number of rotatable bonds is 3. The summed E-state index contributed by atoms with van der Waals surface area (Å²) in [7, 11) is 0. The average molecular weight is 222 g/mol. The molecule has 0 aromatic rings. The number of hydrogen-bond acceptors (Lipinski definition) is 2. The van der Waals surface area contributed by atoms with E-state index in [0.29, 0.717) is 11.7 Å². The molecule has 3 aliphatic rings. The first-order valence-electron chi connectivity index (χ1n) is 6.94. The minimum Gasteiger partial charge on any atom is -0.375 e. The first-order valence-corrected chi connectivity index (χ1v) is 6.94. The monoisotopic (exact) mass is 222 g/mol. The maximum Gasteiger partial charge on any atom is 0.136 e. The van der Waals surface area contributed by atoms with Crippen LogP contribution in [0.1, 0.15) is 57.8 Å². The van der Waals surface area contributed by atoms with Gasteiger partial charge in [-0.15, -0.1) is 0 Å². The highest BCUT2D eigenvalue weighted by molar-refractivity contribution is 5.81. The van der Waals surface area contributed by atoms with Crippen molar-refractivity contribution in [1.29, 1.82) is 0 Å². The van der Waals surface area contributed by atoms with Gasteiger partial charge in [0.2, 0.25) is 0 Å². The van der Waals surface area contributed by atoms with Crippen LogP contribution in [0.15, 0.2) is 0 Å². The van der Waals surface area contributed by atoms with E-state index in [1.165, 1.54) is 38.5 Å². The molecule has 3 fully saturated rings. The lowest BCUT2D eigenvalue weighted by molar-refractivity contribution is -0.156. The Morgan fingerprint density at radius 3 is 2.56 bits per heavy atom. The maximum absolute atomic E-state index is 12.2. The minimum absolute atomic E-state index is 0.137. The van der Waals surface area contributed by atoms with Crippen molar-refractivity contribution in [2.24, 2.45) is 11.8 Å². The van der Waals surface area contributed by atoms with E-state index in [4.69, 9.17) is 4.74 Å². The summed E-state index contributed by atoms with van der Waals surface area (Å²) in [5.41, 5.74) is 0.137. The Kier molecular flexibility index (Phi) is 2.78. The Bertz CT molecular complexity index is 276. The summed E-state index contributed by atoms with van der Waals surface area (Å²) in [6.45, 7) is 0.821. The molecular formula is C14H22O2. The second kappa shape index (κ2) is 4.14. The lowest BCUT2D eigenvalue weighted by atomic mass is 9.69. The van der Waals surface area contributed by atoms with Crippen molar-refractivity contribution in [2.75, 3.05) is 6.61 Å². The molecule has 1 heterocycles. The predicted molar refractivity (Wildman–Crippen MR) is 62.2 cm³/mol. The second-order valence-electron chi connectivity index (χ2n) is 6.04. The molecule has 0 radical (unpaired) electrons. The summed E-state index contributed by atoms with van der Waals surface area (Å²) >= 11 is 0. The third-order valence-corrected chi connectivity index (χ3v) is 4.93. The zero-order chi connectivity index (χ0) is 11.0. The van der Waals surface area contributed by atoms with Gasteiger partial charge in [-0.3, -0.25) is 4.79 Å². The van der Waals surface area contributed by atoms with Gasteiger partial charge in [-0.1, -0.05) is 19.3 Å². The molecule has 2 heteroatoms. The average Bonchev–Trinajstić information content (AvgIpc) is 2.21. The summed E-state index contributed by atoms with van der Waals surface area (Å²) in [6.07, 6.45) is 10.5. The van der Waals surface area contributed by atoms with E-state index in [-0.39, 0.29) is 5.60 Å². The number of ketones is 1. The highest BCUT2D eigenvalue weighted by Gasteiger charge is 2.44. The van der Waals surface area contributed by atoms with Gasteiger partial charge in [0.15, 0.2) is 0 Å². The van der Waals surface area contributed by atoms with Crippen LogP contribution < -0.4 is 0 Å². The van der Waals surface area contributed by atoms with Gasteiger partial charge < -0.3 is 4.74 Å². The molecule has 1 atom stereocenters. The number of carbonyl (C=O) groups excluding carboxylic acids is 1. The SMILES string of the molecule is O=C(CC1CCC1)C1CCOC2(CCC2)C1.